The van der Waals surface area contributed by atoms with Gasteiger partial charge >= 0.3 is 0 Å². The topological polar surface area (TPSA) is 49.3 Å². The molecular formula is C17H24ClNO2. The zero-order chi connectivity index (χ0) is 15.3. The quantitative estimate of drug-likeness (QED) is 0.876. The number of carbonyl (C=O) groups is 1. The summed E-state index contributed by atoms with van der Waals surface area (Å²) in [6.07, 6.45) is 6.22. The monoisotopic (exact) mass is 309 g/mol. The highest BCUT2D eigenvalue weighted by atomic mass is 35.5. The van der Waals surface area contributed by atoms with E-state index >= 15 is 0 Å². The molecule has 1 aliphatic carbocycles. The Hall–Kier alpha value is -1.06. The van der Waals surface area contributed by atoms with E-state index in [1.165, 1.54) is 6.42 Å². The number of aliphatic hydroxyl groups is 1. The van der Waals surface area contributed by atoms with E-state index in [1.807, 2.05) is 25.1 Å². The highest BCUT2D eigenvalue weighted by Gasteiger charge is 2.32. The summed E-state index contributed by atoms with van der Waals surface area (Å²) in [5.74, 6) is 0.0163. The summed E-state index contributed by atoms with van der Waals surface area (Å²) in [4.78, 5) is 12.1. The van der Waals surface area contributed by atoms with Crippen molar-refractivity contribution in [2.45, 2.75) is 57.4 Å². The van der Waals surface area contributed by atoms with Gasteiger partial charge in [-0.05, 0) is 43.4 Å². The Morgan fingerprint density at radius 2 is 2.05 bits per heavy atom. The van der Waals surface area contributed by atoms with Crippen molar-refractivity contribution in [1.29, 1.82) is 0 Å². The molecule has 2 N–H and O–H groups in total. The van der Waals surface area contributed by atoms with Crippen LogP contribution < -0.4 is 5.32 Å². The van der Waals surface area contributed by atoms with Crippen LogP contribution >= 0.6 is 11.6 Å². The smallest absolute Gasteiger partial charge is 0.220 e. The fourth-order valence-electron chi connectivity index (χ4n) is 2.96. The lowest BCUT2D eigenvalue weighted by Gasteiger charge is -2.36. The molecule has 1 amide bonds. The van der Waals surface area contributed by atoms with Crippen LogP contribution in [0.15, 0.2) is 18.2 Å². The van der Waals surface area contributed by atoms with Crippen molar-refractivity contribution >= 4 is 17.5 Å². The Bertz CT molecular complexity index is 496. The van der Waals surface area contributed by atoms with E-state index in [0.717, 1.165) is 41.8 Å². The molecule has 0 heterocycles. The average molecular weight is 310 g/mol. The molecular weight excluding hydrogens is 286 g/mol. The minimum Gasteiger partial charge on any atom is -0.394 e. The Labute approximate surface area is 131 Å². The van der Waals surface area contributed by atoms with E-state index in [0.29, 0.717) is 12.8 Å². The van der Waals surface area contributed by atoms with E-state index in [-0.39, 0.29) is 18.1 Å². The molecule has 0 aliphatic heterocycles. The molecule has 0 radical (unpaired) electrons. The van der Waals surface area contributed by atoms with Gasteiger partial charge in [-0.25, -0.2) is 0 Å². The fourth-order valence-corrected chi connectivity index (χ4v) is 3.16. The normalized spacial score (nSPS) is 17.5. The van der Waals surface area contributed by atoms with Crippen LogP contribution in [0.2, 0.25) is 5.02 Å². The first kappa shape index (κ1) is 16.3. The Kier molecular flexibility index (Phi) is 5.65. The van der Waals surface area contributed by atoms with E-state index in [9.17, 15) is 9.90 Å². The zero-order valence-corrected chi connectivity index (χ0v) is 13.4. The largest absolute Gasteiger partial charge is 0.394 e. The summed E-state index contributed by atoms with van der Waals surface area (Å²) in [7, 11) is 0. The summed E-state index contributed by atoms with van der Waals surface area (Å²) in [5.41, 5.74) is 1.73. The molecule has 3 nitrogen and oxygen atoms in total. The van der Waals surface area contributed by atoms with Crippen LogP contribution in [-0.4, -0.2) is 23.2 Å². The number of aryl methyl sites for hydroxylation is 2. The molecule has 1 aromatic rings. The van der Waals surface area contributed by atoms with E-state index in [2.05, 4.69) is 5.32 Å². The number of hydrogen-bond donors (Lipinski definition) is 2. The van der Waals surface area contributed by atoms with Crippen LogP contribution in [0.5, 0.6) is 0 Å². The van der Waals surface area contributed by atoms with Gasteiger partial charge in [0.1, 0.15) is 0 Å². The predicted molar refractivity (Wildman–Crippen MR) is 85.6 cm³/mol. The van der Waals surface area contributed by atoms with Gasteiger partial charge in [0.25, 0.3) is 0 Å². The minimum atomic E-state index is -0.389. The van der Waals surface area contributed by atoms with Crippen LogP contribution in [-0.2, 0) is 11.2 Å². The number of carbonyl (C=O) groups excluding carboxylic acids is 1. The van der Waals surface area contributed by atoms with Gasteiger partial charge in [0.15, 0.2) is 0 Å². The number of rotatable bonds is 5. The second-order valence-corrected chi connectivity index (χ2v) is 6.54. The number of nitrogens with one attached hydrogen (secondary N) is 1. The highest BCUT2D eigenvalue weighted by molar-refractivity contribution is 6.31. The van der Waals surface area contributed by atoms with Crippen molar-refractivity contribution in [1.82, 2.24) is 5.32 Å². The molecule has 2 rings (SSSR count). The lowest BCUT2D eigenvalue weighted by Crippen LogP contribution is -2.52. The van der Waals surface area contributed by atoms with Crippen molar-refractivity contribution in [3.8, 4) is 0 Å². The molecule has 1 saturated carbocycles. The van der Waals surface area contributed by atoms with Gasteiger partial charge in [-0.3, -0.25) is 4.79 Å². The highest BCUT2D eigenvalue weighted by Crippen LogP contribution is 2.28. The van der Waals surface area contributed by atoms with Gasteiger partial charge in [0.05, 0.1) is 12.1 Å². The molecule has 1 aliphatic rings. The minimum absolute atomic E-state index is 0.0163. The third kappa shape index (κ3) is 4.45. The van der Waals surface area contributed by atoms with Crippen molar-refractivity contribution in [3.63, 3.8) is 0 Å². The second kappa shape index (κ2) is 7.28. The fraction of sp³-hybridized carbons (Fsp3) is 0.588. The van der Waals surface area contributed by atoms with Gasteiger partial charge in [0, 0.05) is 11.4 Å². The molecule has 0 aromatic heterocycles. The third-order valence-electron chi connectivity index (χ3n) is 4.39. The summed E-state index contributed by atoms with van der Waals surface area (Å²) in [6.45, 7) is 2.00. The van der Waals surface area contributed by atoms with Crippen LogP contribution in [0, 0.1) is 6.92 Å². The first-order valence-corrected chi connectivity index (χ1v) is 8.09. The maximum atomic E-state index is 12.1. The van der Waals surface area contributed by atoms with Crippen LogP contribution in [0.25, 0.3) is 0 Å². The van der Waals surface area contributed by atoms with Crippen LogP contribution in [0.4, 0.5) is 0 Å². The lowest BCUT2D eigenvalue weighted by atomic mass is 9.82. The number of aliphatic hydroxyl groups excluding tert-OH is 1. The predicted octanol–water partition coefficient (Wildman–Crippen LogP) is 3.39. The molecule has 0 bridgehead atoms. The molecule has 1 fully saturated rings. The summed E-state index contributed by atoms with van der Waals surface area (Å²) < 4.78 is 0. The maximum Gasteiger partial charge on any atom is 0.220 e. The first-order valence-electron chi connectivity index (χ1n) is 7.72. The van der Waals surface area contributed by atoms with E-state index in [4.69, 9.17) is 11.6 Å². The molecule has 21 heavy (non-hydrogen) atoms. The summed E-state index contributed by atoms with van der Waals surface area (Å²) in [6, 6.07) is 5.91. The third-order valence-corrected chi connectivity index (χ3v) is 4.80. The van der Waals surface area contributed by atoms with E-state index in [1.54, 1.807) is 0 Å². The zero-order valence-electron chi connectivity index (χ0n) is 12.6. The van der Waals surface area contributed by atoms with Gasteiger partial charge in [-0.1, -0.05) is 43.0 Å². The molecule has 0 spiro atoms. The van der Waals surface area contributed by atoms with Crippen molar-refractivity contribution in [2.24, 2.45) is 0 Å². The van der Waals surface area contributed by atoms with Crippen LogP contribution in [0.1, 0.15) is 49.7 Å². The molecule has 0 saturated heterocycles. The Balaban J connectivity index is 1.87. The molecule has 4 heteroatoms. The molecule has 116 valence electrons. The van der Waals surface area contributed by atoms with E-state index < -0.39 is 0 Å². The number of hydrogen-bond acceptors (Lipinski definition) is 2. The van der Waals surface area contributed by atoms with Crippen LogP contribution in [0.3, 0.4) is 0 Å². The maximum absolute atomic E-state index is 12.1. The molecule has 1 aromatic carbocycles. The van der Waals surface area contributed by atoms with Gasteiger partial charge in [0.2, 0.25) is 5.91 Å². The number of halogens is 1. The Morgan fingerprint density at radius 1 is 1.33 bits per heavy atom. The number of amides is 1. The molecule has 0 unspecified atom stereocenters. The standard InChI is InChI=1S/C17H24ClNO2/c1-13-5-6-14(11-15(13)18)7-8-16(21)19-17(12-20)9-3-2-4-10-17/h5-6,11,20H,2-4,7-10,12H2,1H3,(H,19,21). The van der Waals surface area contributed by atoms with Gasteiger partial charge < -0.3 is 10.4 Å². The molecule has 0 atom stereocenters. The van der Waals surface area contributed by atoms with Crippen molar-refractivity contribution in [3.05, 3.63) is 34.3 Å². The lowest BCUT2D eigenvalue weighted by molar-refractivity contribution is -0.124. The Morgan fingerprint density at radius 3 is 2.67 bits per heavy atom. The summed E-state index contributed by atoms with van der Waals surface area (Å²) >= 11 is 6.10. The SMILES string of the molecule is Cc1ccc(CCC(=O)NC2(CO)CCCCC2)cc1Cl. The summed E-state index contributed by atoms with van der Waals surface area (Å²) in [5, 5.41) is 13.4. The average Bonchev–Trinajstić information content (AvgIpc) is 2.49. The first-order chi connectivity index (χ1) is 10.0. The van der Waals surface area contributed by atoms with Gasteiger partial charge in [-0.2, -0.15) is 0 Å². The van der Waals surface area contributed by atoms with Crippen molar-refractivity contribution < 1.29 is 9.90 Å². The van der Waals surface area contributed by atoms with Gasteiger partial charge in [-0.15, -0.1) is 0 Å². The second-order valence-electron chi connectivity index (χ2n) is 6.13. The number of benzene rings is 1. The van der Waals surface area contributed by atoms with Crippen molar-refractivity contribution in [2.75, 3.05) is 6.61 Å².